The Hall–Kier alpha value is -2.89. The number of nitrogens with zero attached hydrogens (tertiary/aromatic N) is 2. The molecule has 2 aliphatic rings. The van der Waals surface area contributed by atoms with Gasteiger partial charge in [0.05, 0.1) is 4.92 Å². The highest BCUT2D eigenvalue weighted by molar-refractivity contribution is 5.96. The van der Waals surface area contributed by atoms with Gasteiger partial charge in [0.15, 0.2) is 0 Å². The lowest BCUT2D eigenvalue weighted by Gasteiger charge is -2.34. The number of anilines is 1. The van der Waals surface area contributed by atoms with Crippen LogP contribution in [0.5, 0.6) is 0 Å². The van der Waals surface area contributed by atoms with Crippen LogP contribution in [0.1, 0.15) is 61.9 Å². The number of nitrogens with one attached hydrogen (secondary N) is 1. The maximum Gasteiger partial charge on any atom is 0.293 e. The van der Waals surface area contributed by atoms with E-state index in [1.807, 2.05) is 6.07 Å². The van der Waals surface area contributed by atoms with Crippen LogP contribution in [-0.2, 0) is 6.42 Å². The van der Waals surface area contributed by atoms with E-state index in [0.29, 0.717) is 29.0 Å². The molecule has 2 fully saturated rings. The Morgan fingerprint density at radius 2 is 1.79 bits per heavy atom. The first kappa shape index (κ1) is 23.3. The molecule has 2 aromatic rings. The zero-order chi connectivity index (χ0) is 23.4. The van der Waals surface area contributed by atoms with Gasteiger partial charge in [-0.05, 0) is 61.1 Å². The fraction of sp³-hybridized carbons (Fsp3) is 0.519. The molecule has 0 aromatic heterocycles. The van der Waals surface area contributed by atoms with Crippen LogP contribution in [-0.4, -0.2) is 30.0 Å². The average molecular weight is 450 g/mol. The molecule has 1 amide bonds. The van der Waals surface area contributed by atoms with Crippen molar-refractivity contribution in [1.29, 1.82) is 0 Å². The Kier molecular flexibility index (Phi) is 7.31. The molecule has 1 aliphatic heterocycles. The molecule has 1 heterocycles. The van der Waals surface area contributed by atoms with E-state index >= 15 is 0 Å². The van der Waals surface area contributed by atoms with Crippen molar-refractivity contribution >= 4 is 17.3 Å². The first-order valence-corrected chi connectivity index (χ1v) is 12.3. The summed E-state index contributed by atoms with van der Waals surface area (Å²) in [6, 6.07) is 15.6. The van der Waals surface area contributed by atoms with Crippen molar-refractivity contribution in [2.75, 3.05) is 18.0 Å². The van der Waals surface area contributed by atoms with Gasteiger partial charge in [-0.25, -0.2) is 0 Å². The molecule has 3 atom stereocenters. The van der Waals surface area contributed by atoms with Crippen LogP contribution in [0.25, 0.3) is 0 Å². The summed E-state index contributed by atoms with van der Waals surface area (Å²) in [5.41, 5.74) is 2.36. The van der Waals surface area contributed by atoms with E-state index in [0.717, 1.165) is 45.2 Å². The fourth-order valence-electron chi connectivity index (χ4n) is 5.44. The smallest absolute Gasteiger partial charge is 0.293 e. The highest BCUT2D eigenvalue weighted by atomic mass is 16.6. The average Bonchev–Trinajstić information content (AvgIpc) is 2.83. The summed E-state index contributed by atoms with van der Waals surface area (Å²) >= 11 is 0. The van der Waals surface area contributed by atoms with Gasteiger partial charge in [0.2, 0.25) is 0 Å². The minimum Gasteiger partial charge on any atom is -0.366 e. The van der Waals surface area contributed by atoms with Crippen LogP contribution < -0.4 is 10.2 Å². The fourth-order valence-corrected chi connectivity index (χ4v) is 5.44. The van der Waals surface area contributed by atoms with Crippen molar-refractivity contribution in [3.8, 4) is 0 Å². The van der Waals surface area contributed by atoms with Gasteiger partial charge in [0.25, 0.3) is 11.6 Å². The molecule has 1 aliphatic carbocycles. The molecule has 1 saturated heterocycles. The van der Waals surface area contributed by atoms with E-state index < -0.39 is 0 Å². The number of carbonyl (C=O) groups is 1. The summed E-state index contributed by atoms with van der Waals surface area (Å²) in [6.45, 7) is 6.00. The van der Waals surface area contributed by atoms with Gasteiger partial charge in [0.1, 0.15) is 5.69 Å². The van der Waals surface area contributed by atoms with Gasteiger partial charge in [-0.1, -0.05) is 57.0 Å². The minimum atomic E-state index is -0.354. The molecule has 1 N–H and O–H groups in total. The van der Waals surface area contributed by atoms with Gasteiger partial charge in [-0.2, -0.15) is 0 Å². The van der Waals surface area contributed by atoms with Gasteiger partial charge in [-0.3, -0.25) is 14.9 Å². The standard InChI is InChI=1S/C27H35N3O3/c1-19-7-6-10-24(20(19)2)28-27(31)23-11-12-25(26(18-23)30(32)33)29-15-13-22(14-16-29)17-21-8-4-3-5-9-21/h3-5,8-9,11-12,18-20,22,24H,6-7,10,13-17H2,1-2H3,(H,28,31)/t19-,20-,24+/m1/s1. The highest BCUT2D eigenvalue weighted by Crippen LogP contribution is 2.34. The van der Waals surface area contributed by atoms with E-state index in [2.05, 4.69) is 48.3 Å². The Morgan fingerprint density at radius 1 is 1.06 bits per heavy atom. The Morgan fingerprint density at radius 3 is 2.48 bits per heavy atom. The third-order valence-electron chi connectivity index (χ3n) is 7.78. The van der Waals surface area contributed by atoms with E-state index in [1.165, 1.54) is 18.1 Å². The number of nitro groups is 1. The second-order valence-electron chi connectivity index (χ2n) is 9.93. The number of nitro benzene ring substituents is 1. The molecule has 0 radical (unpaired) electrons. The first-order chi connectivity index (χ1) is 15.9. The van der Waals surface area contributed by atoms with E-state index in [-0.39, 0.29) is 22.6 Å². The minimum absolute atomic E-state index is 0.0224. The second kappa shape index (κ2) is 10.4. The highest BCUT2D eigenvalue weighted by Gasteiger charge is 2.30. The SMILES string of the molecule is C[C@@H]1[C@H](C)CCC[C@@H]1NC(=O)c1ccc(N2CCC(Cc3ccccc3)CC2)c([N+](=O)[O-])c1. The van der Waals surface area contributed by atoms with Gasteiger partial charge >= 0.3 is 0 Å². The molecule has 0 bridgehead atoms. The predicted molar refractivity (Wildman–Crippen MR) is 132 cm³/mol. The van der Waals surface area contributed by atoms with Crippen molar-refractivity contribution < 1.29 is 9.72 Å². The summed E-state index contributed by atoms with van der Waals surface area (Å²) in [7, 11) is 0. The van der Waals surface area contributed by atoms with E-state index in [4.69, 9.17) is 0 Å². The third kappa shape index (κ3) is 5.55. The van der Waals surface area contributed by atoms with Crippen LogP contribution in [0.4, 0.5) is 11.4 Å². The van der Waals surface area contributed by atoms with Crippen LogP contribution in [0, 0.1) is 27.9 Å². The molecule has 6 nitrogen and oxygen atoms in total. The molecule has 4 rings (SSSR count). The molecule has 0 spiro atoms. The van der Waals surface area contributed by atoms with E-state index in [1.54, 1.807) is 12.1 Å². The van der Waals surface area contributed by atoms with Gasteiger partial charge < -0.3 is 10.2 Å². The Balaban J connectivity index is 1.42. The number of amides is 1. The number of piperidine rings is 1. The van der Waals surface area contributed by atoms with Crippen LogP contribution in [0.15, 0.2) is 48.5 Å². The zero-order valence-corrected chi connectivity index (χ0v) is 19.7. The maximum absolute atomic E-state index is 12.9. The van der Waals surface area contributed by atoms with Crippen LogP contribution >= 0.6 is 0 Å². The van der Waals surface area contributed by atoms with Gasteiger partial charge in [0, 0.05) is 30.8 Å². The first-order valence-electron chi connectivity index (χ1n) is 12.3. The van der Waals surface area contributed by atoms with Crippen molar-refractivity contribution in [3.63, 3.8) is 0 Å². The topological polar surface area (TPSA) is 75.5 Å². The number of benzene rings is 2. The predicted octanol–water partition coefficient (Wildman–Crippen LogP) is 5.61. The summed E-state index contributed by atoms with van der Waals surface area (Å²) in [6.07, 6.45) is 6.33. The second-order valence-corrected chi connectivity index (χ2v) is 9.93. The van der Waals surface area contributed by atoms with E-state index in [9.17, 15) is 14.9 Å². The lowest BCUT2D eigenvalue weighted by Crippen LogP contribution is -2.43. The number of rotatable bonds is 6. The van der Waals surface area contributed by atoms with Crippen molar-refractivity contribution in [1.82, 2.24) is 5.32 Å². The summed E-state index contributed by atoms with van der Waals surface area (Å²) in [5, 5.41) is 15.0. The van der Waals surface area contributed by atoms with Crippen molar-refractivity contribution in [2.24, 2.45) is 17.8 Å². The summed E-state index contributed by atoms with van der Waals surface area (Å²) in [5.74, 6) is 1.37. The summed E-state index contributed by atoms with van der Waals surface area (Å²) in [4.78, 5) is 26.5. The van der Waals surface area contributed by atoms with Gasteiger partial charge in [-0.15, -0.1) is 0 Å². The molecule has 6 heteroatoms. The number of hydrogen-bond donors (Lipinski definition) is 1. The number of carbonyl (C=O) groups excluding carboxylic acids is 1. The molecule has 0 unspecified atom stereocenters. The summed E-state index contributed by atoms with van der Waals surface area (Å²) < 4.78 is 0. The normalized spacial score (nSPS) is 23.8. The molecule has 1 saturated carbocycles. The quantitative estimate of drug-likeness (QED) is 0.459. The third-order valence-corrected chi connectivity index (χ3v) is 7.78. The Bertz CT molecular complexity index is 970. The molecule has 2 aromatic carbocycles. The monoisotopic (exact) mass is 449 g/mol. The molecule has 176 valence electrons. The van der Waals surface area contributed by atoms with Crippen molar-refractivity contribution in [2.45, 2.75) is 58.4 Å². The maximum atomic E-state index is 12.9. The zero-order valence-electron chi connectivity index (χ0n) is 19.7. The molecular formula is C27H35N3O3. The molecular weight excluding hydrogens is 414 g/mol. The largest absolute Gasteiger partial charge is 0.366 e. The lowest BCUT2D eigenvalue weighted by molar-refractivity contribution is -0.384. The number of hydrogen-bond acceptors (Lipinski definition) is 4. The molecule has 33 heavy (non-hydrogen) atoms. The lowest BCUT2D eigenvalue weighted by atomic mass is 9.78. The van der Waals surface area contributed by atoms with Crippen LogP contribution in [0.2, 0.25) is 0 Å². The Labute approximate surface area is 196 Å². The van der Waals surface area contributed by atoms with Crippen molar-refractivity contribution in [3.05, 3.63) is 69.8 Å². The van der Waals surface area contributed by atoms with Crippen LogP contribution in [0.3, 0.4) is 0 Å².